The van der Waals surface area contributed by atoms with E-state index in [0.29, 0.717) is 6.54 Å². The van der Waals surface area contributed by atoms with Crippen molar-refractivity contribution in [3.05, 3.63) is 29.3 Å². The molecule has 0 heterocycles. The number of fused-ring (bicyclic) bond motifs is 1. The molecule has 0 radical (unpaired) electrons. The molecule has 0 aromatic heterocycles. The van der Waals surface area contributed by atoms with Crippen molar-refractivity contribution >= 4 is 0 Å². The van der Waals surface area contributed by atoms with Gasteiger partial charge in [0.1, 0.15) is 11.4 Å². The van der Waals surface area contributed by atoms with Crippen molar-refractivity contribution in [1.29, 1.82) is 0 Å². The van der Waals surface area contributed by atoms with Crippen molar-refractivity contribution < 1.29 is 14.6 Å². The number of ether oxygens (including phenoxy) is 2. The second-order valence-electron chi connectivity index (χ2n) is 5.29. The van der Waals surface area contributed by atoms with E-state index >= 15 is 0 Å². The minimum atomic E-state index is -0.516. The van der Waals surface area contributed by atoms with Gasteiger partial charge in [0.15, 0.2) is 0 Å². The van der Waals surface area contributed by atoms with E-state index in [0.717, 1.165) is 24.2 Å². The summed E-state index contributed by atoms with van der Waals surface area (Å²) < 4.78 is 11.4. The quantitative estimate of drug-likeness (QED) is 0.848. The van der Waals surface area contributed by atoms with Gasteiger partial charge in [-0.25, -0.2) is 0 Å². The van der Waals surface area contributed by atoms with Crippen LogP contribution in [0.2, 0.25) is 0 Å². The van der Waals surface area contributed by atoms with Gasteiger partial charge in [0.25, 0.3) is 0 Å². The highest BCUT2D eigenvalue weighted by Gasteiger charge is 2.40. The number of hydrogen-bond donors (Lipinski definition) is 2. The Morgan fingerprint density at radius 2 is 2.16 bits per heavy atom. The van der Waals surface area contributed by atoms with Crippen LogP contribution in [-0.4, -0.2) is 31.0 Å². The second-order valence-corrected chi connectivity index (χ2v) is 5.29. The van der Waals surface area contributed by atoms with Crippen LogP contribution in [0, 0.1) is 0 Å². The number of aryl methyl sites for hydroxylation is 1. The van der Waals surface area contributed by atoms with Gasteiger partial charge in [0.2, 0.25) is 0 Å². The van der Waals surface area contributed by atoms with Crippen LogP contribution >= 0.6 is 0 Å². The molecule has 3 unspecified atom stereocenters. The molecule has 4 nitrogen and oxygen atoms in total. The number of nitrogens with two attached hydrogens (primary N) is 1. The summed E-state index contributed by atoms with van der Waals surface area (Å²) in [6, 6.07) is 6.04. The Bertz CT molecular complexity index is 447. The van der Waals surface area contributed by atoms with Crippen molar-refractivity contribution in [3.63, 3.8) is 0 Å². The summed E-state index contributed by atoms with van der Waals surface area (Å²) in [5.41, 5.74) is 7.83. The van der Waals surface area contributed by atoms with Crippen molar-refractivity contribution in [2.24, 2.45) is 5.73 Å². The van der Waals surface area contributed by atoms with Crippen LogP contribution in [0.5, 0.6) is 5.75 Å². The lowest BCUT2D eigenvalue weighted by Gasteiger charge is -2.33. The van der Waals surface area contributed by atoms with Crippen molar-refractivity contribution in [2.75, 3.05) is 13.7 Å². The molecule has 3 N–H and O–H groups in total. The topological polar surface area (TPSA) is 64.7 Å². The summed E-state index contributed by atoms with van der Waals surface area (Å²) >= 11 is 0. The minimum absolute atomic E-state index is 0.249. The first-order valence-corrected chi connectivity index (χ1v) is 6.76. The van der Waals surface area contributed by atoms with E-state index in [1.807, 2.05) is 19.1 Å². The van der Waals surface area contributed by atoms with Gasteiger partial charge in [-0.3, -0.25) is 0 Å². The van der Waals surface area contributed by atoms with Gasteiger partial charge in [-0.2, -0.15) is 0 Å². The van der Waals surface area contributed by atoms with Crippen LogP contribution in [-0.2, 0) is 16.8 Å². The molecule has 1 aromatic rings. The lowest BCUT2D eigenvalue weighted by Crippen LogP contribution is -2.41. The number of benzene rings is 1. The molecule has 0 amide bonds. The zero-order valence-corrected chi connectivity index (χ0v) is 11.8. The van der Waals surface area contributed by atoms with Gasteiger partial charge in [-0.1, -0.05) is 6.07 Å². The van der Waals surface area contributed by atoms with Gasteiger partial charge >= 0.3 is 0 Å². The summed E-state index contributed by atoms with van der Waals surface area (Å²) in [5.74, 6) is 0.812. The zero-order valence-electron chi connectivity index (χ0n) is 11.8. The summed E-state index contributed by atoms with van der Waals surface area (Å²) in [6.45, 7) is 4.01. The highest BCUT2D eigenvalue weighted by Crippen LogP contribution is 2.42. The smallest absolute Gasteiger partial charge is 0.119 e. The van der Waals surface area contributed by atoms with Crippen molar-refractivity contribution in [3.8, 4) is 5.75 Å². The number of rotatable bonds is 5. The number of aliphatic hydroxyl groups is 1. The van der Waals surface area contributed by atoms with E-state index < -0.39 is 11.7 Å². The number of hydrogen-bond acceptors (Lipinski definition) is 4. The van der Waals surface area contributed by atoms with E-state index in [1.54, 1.807) is 14.0 Å². The summed E-state index contributed by atoms with van der Waals surface area (Å²) in [7, 11) is 1.65. The summed E-state index contributed by atoms with van der Waals surface area (Å²) in [6.07, 6.45) is 1.03. The van der Waals surface area contributed by atoms with Gasteiger partial charge in [-0.05, 0) is 49.9 Å². The maximum absolute atomic E-state index is 9.65. The van der Waals surface area contributed by atoms with Gasteiger partial charge in [0, 0.05) is 6.54 Å². The molecule has 1 aromatic carbocycles. The maximum Gasteiger partial charge on any atom is 0.119 e. The molecule has 2 rings (SSSR count). The molecule has 0 spiro atoms. The fourth-order valence-electron chi connectivity index (χ4n) is 2.63. The molecule has 19 heavy (non-hydrogen) atoms. The second kappa shape index (κ2) is 5.49. The first-order valence-electron chi connectivity index (χ1n) is 6.76. The standard InChI is InChI=1S/C15H23NO3/c1-10(17)11(2)19-15(9-16)7-6-12-4-5-13(18-3)8-14(12)15/h4-5,8,10-11,17H,6-7,9,16H2,1-3H3. The van der Waals surface area contributed by atoms with Crippen LogP contribution in [0.3, 0.4) is 0 Å². The Hall–Kier alpha value is -1.10. The lowest BCUT2D eigenvalue weighted by molar-refractivity contribution is -0.123. The Kier molecular flexibility index (Phi) is 4.13. The highest BCUT2D eigenvalue weighted by molar-refractivity contribution is 5.43. The SMILES string of the molecule is COc1ccc2c(c1)C(CN)(OC(C)C(C)O)CC2. The first-order chi connectivity index (χ1) is 9.02. The third kappa shape index (κ3) is 2.61. The van der Waals surface area contributed by atoms with Crippen LogP contribution in [0.4, 0.5) is 0 Å². The van der Waals surface area contributed by atoms with E-state index in [4.69, 9.17) is 15.2 Å². The third-order valence-electron chi connectivity index (χ3n) is 4.03. The fourth-order valence-corrected chi connectivity index (χ4v) is 2.63. The number of methoxy groups -OCH3 is 1. The molecular formula is C15H23NO3. The third-order valence-corrected chi connectivity index (χ3v) is 4.03. The predicted octanol–water partition coefficient (Wildman–Crippen LogP) is 1.58. The van der Waals surface area contributed by atoms with Crippen molar-refractivity contribution in [1.82, 2.24) is 0 Å². The van der Waals surface area contributed by atoms with Crippen LogP contribution in [0.1, 0.15) is 31.4 Å². The van der Waals surface area contributed by atoms with E-state index in [1.165, 1.54) is 5.56 Å². The van der Waals surface area contributed by atoms with E-state index in [9.17, 15) is 5.11 Å². The van der Waals surface area contributed by atoms with E-state index in [-0.39, 0.29) is 6.10 Å². The van der Waals surface area contributed by atoms with Crippen LogP contribution in [0.25, 0.3) is 0 Å². The van der Waals surface area contributed by atoms with Crippen molar-refractivity contribution in [2.45, 2.75) is 44.5 Å². The molecule has 1 aliphatic rings. The normalized spacial score (nSPS) is 24.9. The molecule has 106 valence electrons. The lowest BCUT2D eigenvalue weighted by atomic mass is 9.95. The Labute approximate surface area is 114 Å². The molecule has 0 saturated carbocycles. The molecule has 0 fully saturated rings. The largest absolute Gasteiger partial charge is 0.497 e. The Morgan fingerprint density at radius 1 is 1.42 bits per heavy atom. The molecule has 4 heteroatoms. The number of aliphatic hydroxyl groups excluding tert-OH is 1. The van der Waals surface area contributed by atoms with Gasteiger partial charge < -0.3 is 20.3 Å². The summed E-state index contributed by atoms with van der Waals surface area (Å²) in [4.78, 5) is 0. The predicted molar refractivity (Wildman–Crippen MR) is 74.3 cm³/mol. The molecule has 0 saturated heterocycles. The summed E-state index contributed by atoms with van der Waals surface area (Å²) in [5, 5.41) is 9.65. The van der Waals surface area contributed by atoms with Gasteiger partial charge in [-0.15, -0.1) is 0 Å². The molecule has 0 aliphatic heterocycles. The van der Waals surface area contributed by atoms with Crippen LogP contribution < -0.4 is 10.5 Å². The molecule has 0 bridgehead atoms. The highest BCUT2D eigenvalue weighted by atomic mass is 16.5. The average molecular weight is 265 g/mol. The Balaban J connectivity index is 2.34. The van der Waals surface area contributed by atoms with Gasteiger partial charge in [0.05, 0.1) is 19.3 Å². The zero-order chi connectivity index (χ0) is 14.0. The monoisotopic (exact) mass is 265 g/mol. The molecular weight excluding hydrogens is 242 g/mol. The van der Waals surface area contributed by atoms with E-state index in [2.05, 4.69) is 6.07 Å². The molecule has 3 atom stereocenters. The maximum atomic E-state index is 9.65. The fraction of sp³-hybridized carbons (Fsp3) is 0.600. The average Bonchev–Trinajstić information content (AvgIpc) is 2.77. The minimum Gasteiger partial charge on any atom is -0.497 e. The molecule has 1 aliphatic carbocycles. The van der Waals surface area contributed by atoms with Crippen LogP contribution in [0.15, 0.2) is 18.2 Å². The Morgan fingerprint density at radius 3 is 2.74 bits per heavy atom. The first kappa shape index (κ1) is 14.3.